The van der Waals surface area contributed by atoms with Crippen LogP contribution in [0.3, 0.4) is 0 Å². The molecule has 4 heteroatoms. The van der Waals surface area contributed by atoms with Crippen molar-refractivity contribution < 1.29 is 4.79 Å². The first-order chi connectivity index (χ1) is 18.7. The van der Waals surface area contributed by atoms with E-state index in [0.29, 0.717) is 13.0 Å². The van der Waals surface area contributed by atoms with Crippen molar-refractivity contribution in [1.29, 1.82) is 0 Å². The molecule has 0 spiro atoms. The van der Waals surface area contributed by atoms with Gasteiger partial charge in [-0.3, -0.25) is 9.79 Å². The Morgan fingerprint density at radius 1 is 0.605 bits per heavy atom. The van der Waals surface area contributed by atoms with E-state index >= 15 is 0 Å². The highest BCUT2D eigenvalue weighted by atomic mass is 16.1. The van der Waals surface area contributed by atoms with Gasteiger partial charge in [0.15, 0.2) is 0 Å². The smallest absolute Gasteiger partial charge is 0.220 e. The number of carbonyl (C=O) groups excluding carboxylic acids is 1. The molecule has 1 N–H and O–H groups in total. The number of allylic oxidation sites excluding steroid dienone is 4. The van der Waals surface area contributed by atoms with Gasteiger partial charge in [0.2, 0.25) is 5.91 Å². The van der Waals surface area contributed by atoms with Crippen LogP contribution in [0.4, 0.5) is 0 Å². The molecule has 0 unspecified atom stereocenters. The summed E-state index contributed by atoms with van der Waals surface area (Å²) in [6.45, 7) is 9.31. The van der Waals surface area contributed by atoms with E-state index in [-0.39, 0.29) is 5.91 Å². The van der Waals surface area contributed by atoms with Gasteiger partial charge in [-0.2, -0.15) is 0 Å². The van der Waals surface area contributed by atoms with E-state index in [1.807, 2.05) is 7.05 Å². The van der Waals surface area contributed by atoms with Gasteiger partial charge in [0.1, 0.15) is 0 Å². The lowest BCUT2D eigenvalue weighted by Gasteiger charge is -2.26. The number of aliphatic imine (C=N–C) groups is 1. The van der Waals surface area contributed by atoms with Gasteiger partial charge in [-0.05, 0) is 57.8 Å². The van der Waals surface area contributed by atoms with E-state index in [2.05, 4.69) is 60.3 Å². The Hall–Kier alpha value is -1.58. The maximum atomic E-state index is 12.3. The number of hydrogen-bond acceptors (Lipinski definition) is 2. The van der Waals surface area contributed by atoms with Gasteiger partial charge in [0.05, 0.1) is 5.84 Å². The highest BCUT2D eigenvalue weighted by Gasteiger charge is 2.10. The number of rotatable bonds is 27. The molecule has 0 saturated carbocycles. The standard InChI is InChI=1S/C34H65N3O/c1-5-8-10-12-14-16-18-20-22-24-26-28-33(35-4)37(31-7-3)32-30-36-34(38)29-27-25-23-21-19-17-15-13-11-9-6-2/h12-15H,5-11,16-32H2,1-4H3,(H,36,38)/b14-12+,15-13+,35-33+. The first kappa shape index (κ1) is 36.4. The summed E-state index contributed by atoms with van der Waals surface area (Å²) in [5.41, 5.74) is 0. The Morgan fingerprint density at radius 2 is 1.08 bits per heavy atom. The second kappa shape index (κ2) is 30.0. The van der Waals surface area contributed by atoms with Gasteiger partial charge < -0.3 is 10.2 Å². The molecule has 0 aliphatic heterocycles. The third kappa shape index (κ3) is 24.7. The zero-order chi connectivity index (χ0) is 27.9. The predicted octanol–water partition coefficient (Wildman–Crippen LogP) is 9.80. The van der Waals surface area contributed by atoms with Gasteiger partial charge in [-0.15, -0.1) is 0 Å². The molecule has 0 aromatic rings. The Balaban J connectivity index is 3.90. The molecule has 0 heterocycles. The van der Waals surface area contributed by atoms with Crippen molar-refractivity contribution in [2.75, 3.05) is 26.7 Å². The van der Waals surface area contributed by atoms with Crippen molar-refractivity contribution in [3.05, 3.63) is 24.3 Å². The van der Waals surface area contributed by atoms with Crippen LogP contribution < -0.4 is 5.32 Å². The van der Waals surface area contributed by atoms with Crippen LogP contribution in [-0.2, 0) is 4.79 Å². The Morgan fingerprint density at radius 3 is 1.58 bits per heavy atom. The summed E-state index contributed by atoms with van der Waals surface area (Å²) in [5, 5.41) is 3.15. The fourth-order valence-corrected chi connectivity index (χ4v) is 4.74. The van der Waals surface area contributed by atoms with Crippen LogP contribution >= 0.6 is 0 Å². The SMILES string of the molecule is CCCC/C=C/CCCCCCCC(=O)NCCN(CCC)/C(CCCCCCC/C=C/CCCC)=N/C. The summed E-state index contributed by atoms with van der Waals surface area (Å²) < 4.78 is 0. The van der Waals surface area contributed by atoms with E-state index in [1.54, 1.807) is 0 Å². The fraction of sp³-hybridized carbons (Fsp3) is 0.824. The van der Waals surface area contributed by atoms with E-state index < -0.39 is 0 Å². The minimum absolute atomic E-state index is 0.204. The monoisotopic (exact) mass is 532 g/mol. The first-order valence-electron chi connectivity index (χ1n) is 16.5. The lowest BCUT2D eigenvalue weighted by Crippen LogP contribution is -2.39. The number of nitrogens with zero attached hydrogens (tertiary/aromatic N) is 2. The number of hydrogen-bond donors (Lipinski definition) is 1. The van der Waals surface area contributed by atoms with Gasteiger partial charge in [0.25, 0.3) is 0 Å². The number of unbranched alkanes of at least 4 members (excludes halogenated alkanes) is 14. The number of amidine groups is 1. The third-order valence-corrected chi connectivity index (χ3v) is 7.15. The molecule has 0 saturated heterocycles. The molecule has 0 fully saturated rings. The molecule has 0 rings (SSSR count). The van der Waals surface area contributed by atoms with Crippen molar-refractivity contribution in [3.8, 4) is 0 Å². The zero-order valence-electron chi connectivity index (χ0n) is 26.1. The molecule has 0 aliphatic rings. The number of amides is 1. The lowest BCUT2D eigenvalue weighted by molar-refractivity contribution is -0.121. The predicted molar refractivity (Wildman–Crippen MR) is 170 cm³/mol. The Labute approximate surface area is 238 Å². The first-order valence-corrected chi connectivity index (χ1v) is 16.5. The lowest BCUT2D eigenvalue weighted by atomic mass is 10.1. The van der Waals surface area contributed by atoms with Crippen LogP contribution in [0.1, 0.15) is 156 Å². The van der Waals surface area contributed by atoms with Crippen LogP contribution in [0.5, 0.6) is 0 Å². The van der Waals surface area contributed by atoms with Crippen molar-refractivity contribution >= 4 is 11.7 Å². The van der Waals surface area contributed by atoms with Gasteiger partial charge >= 0.3 is 0 Å². The summed E-state index contributed by atoms with van der Waals surface area (Å²) >= 11 is 0. The second-order valence-electron chi connectivity index (χ2n) is 10.8. The molecule has 0 atom stereocenters. The molecule has 38 heavy (non-hydrogen) atoms. The largest absolute Gasteiger partial charge is 0.359 e. The van der Waals surface area contributed by atoms with Crippen LogP contribution in [0, 0.1) is 0 Å². The average Bonchev–Trinajstić information content (AvgIpc) is 2.92. The van der Waals surface area contributed by atoms with E-state index in [0.717, 1.165) is 38.8 Å². The quantitative estimate of drug-likeness (QED) is 0.0496. The Bertz CT molecular complexity index is 597. The second-order valence-corrected chi connectivity index (χ2v) is 10.8. The average molecular weight is 532 g/mol. The fourth-order valence-electron chi connectivity index (χ4n) is 4.74. The van der Waals surface area contributed by atoms with Gasteiger partial charge in [0, 0.05) is 39.5 Å². The van der Waals surface area contributed by atoms with Crippen LogP contribution in [0.25, 0.3) is 0 Å². The van der Waals surface area contributed by atoms with Gasteiger partial charge in [-0.1, -0.05) is 109 Å². The molecular formula is C34H65N3O. The minimum atomic E-state index is 0.204. The zero-order valence-corrected chi connectivity index (χ0v) is 26.1. The minimum Gasteiger partial charge on any atom is -0.359 e. The summed E-state index contributed by atoms with van der Waals surface area (Å²) in [6.07, 6.45) is 34.7. The molecule has 0 radical (unpaired) electrons. The highest BCUT2D eigenvalue weighted by Crippen LogP contribution is 2.11. The van der Waals surface area contributed by atoms with Crippen LogP contribution in [0.2, 0.25) is 0 Å². The molecule has 0 aromatic heterocycles. The normalized spacial score (nSPS) is 12.2. The highest BCUT2D eigenvalue weighted by molar-refractivity contribution is 5.82. The topological polar surface area (TPSA) is 44.7 Å². The summed E-state index contributed by atoms with van der Waals surface area (Å²) in [6, 6.07) is 0. The third-order valence-electron chi connectivity index (χ3n) is 7.15. The Kier molecular flexibility index (Phi) is 28.7. The van der Waals surface area contributed by atoms with Gasteiger partial charge in [-0.25, -0.2) is 0 Å². The van der Waals surface area contributed by atoms with E-state index in [4.69, 9.17) is 0 Å². The maximum absolute atomic E-state index is 12.3. The molecule has 0 bridgehead atoms. The van der Waals surface area contributed by atoms with E-state index in [1.165, 1.54) is 109 Å². The van der Waals surface area contributed by atoms with Crippen molar-refractivity contribution in [2.45, 2.75) is 156 Å². The van der Waals surface area contributed by atoms with Crippen molar-refractivity contribution in [1.82, 2.24) is 10.2 Å². The maximum Gasteiger partial charge on any atom is 0.220 e. The molecule has 222 valence electrons. The van der Waals surface area contributed by atoms with Crippen LogP contribution in [-0.4, -0.2) is 43.3 Å². The number of carbonyl (C=O) groups is 1. The molecule has 0 aliphatic carbocycles. The van der Waals surface area contributed by atoms with Crippen LogP contribution in [0.15, 0.2) is 29.3 Å². The molecule has 0 aromatic carbocycles. The molecule has 4 nitrogen and oxygen atoms in total. The summed E-state index contributed by atoms with van der Waals surface area (Å²) in [4.78, 5) is 19.3. The van der Waals surface area contributed by atoms with Crippen molar-refractivity contribution in [2.24, 2.45) is 4.99 Å². The molecular weight excluding hydrogens is 466 g/mol. The summed E-state index contributed by atoms with van der Waals surface area (Å²) in [7, 11) is 1.92. The van der Waals surface area contributed by atoms with E-state index in [9.17, 15) is 4.79 Å². The summed E-state index contributed by atoms with van der Waals surface area (Å²) in [5.74, 6) is 1.41. The number of nitrogens with one attached hydrogen (secondary N) is 1. The molecule has 1 amide bonds. The van der Waals surface area contributed by atoms with Crippen molar-refractivity contribution in [3.63, 3.8) is 0 Å².